The maximum Gasteiger partial charge on any atom is 0.235 e. The maximum atomic E-state index is 11.8. The Morgan fingerprint density at radius 3 is 2.89 bits per heavy atom. The number of carbonyl (C=O) groups excluding carboxylic acids is 1. The summed E-state index contributed by atoms with van der Waals surface area (Å²) in [7, 11) is -1.11. The van der Waals surface area contributed by atoms with Gasteiger partial charge in [0.1, 0.15) is 5.82 Å². The van der Waals surface area contributed by atoms with Gasteiger partial charge in [0.2, 0.25) is 5.91 Å². The number of aryl methyl sites for hydroxylation is 2. The van der Waals surface area contributed by atoms with Crippen molar-refractivity contribution in [2.75, 3.05) is 22.6 Å². The Morgan fingerprint density at radius 2 is 2.37 bits per heavy atom. The van der Waals surface area contributed by atoms with Crippen molar-refractivity contribution in [1.82, 2.24) is 9.78 Å². The number of aromatic nitrogens is 2. The highest BCUT2D eigenvalue weighted by Gasteiger charge is 2.28. The lowest BCUT2D eigenvalue weighted by Crippen LogP contribution is -2.18. The largest absolute Gasteiger partial charge is 0.310 e. The number of nitrogens with zero attached hydrogens (tertiary/aromatic N) is 2. The molecule has 19 heavy (non-hydrogen) atoms. The lowest BCUT2D eigenvalue weighted by atomic mass is 10.4. The van der Waals surface area contributed by atoms with Crippen LogP contribution < -0.4 is 5.32 Å². The molecule has 2 rings (SSSR count). The molecule has 0 radical (unpaired) electrons. The highest BCUT2D eigenvalue weighted by Crippen LogP contribution is 2.24. The molecule has 0 unspecified atom stereocenters. The fourth-order valence-electron chi connectivity index (χ4n) is 1.99. The van der Waals surface area contributed by atoms with Crippen LogP contribution in [0.2, 0.25) is 0 Å². The van der Waals surface area contributed by atoms with E-state index in [2.05, 4.69) is 10.4 Å². The van der Waals surface area contributed by atoms with Gasteiger partial charge in [-0.05, 0) is 13.3 Å². The van der Waals surface area contributed by atoms with Crippen LogP contribution in [-0.2, 0) is 21.7 Å². The molecule has 1 atom stereocenters. The Balaban J connectivity index is 1.81. The van der Waals surface area contributed by atoms with E-state index in [-0.39, 0.29) is 28.4 Å². The third-order valence-electron chi connectivity index (χ3n) is 2.91. The second kappa shape index (κ2) is 5.54. The number of amides is 1. The van der Waals surface area contributed by atoms with Crippen molar-refractivity contribution in [2.24, 2.45) is 7.05 Å². The van der Waals surface area contributed by atoms with E-state index >= 15 is 0 Å². The van der Waals surface area contributed by atoms with Gasteiger partial charge in [0.15, 0.2) is 9.84 Å². The molecule has 6 nitrogen and oxygen atoms in total. The molecule has 1 aliphatic heterocycles. The quantitative estimate of drug-likeness (QED) is 0.880. The second-order valence-corrected chi connectivity index (χ2v) is 8.20. The van der Waals surface area contributed by atoms with Crippen LogP contribution in [0.5, 0.6) is 0 Å². The molecule has 1 aromatic rings. The molecule has 1 saturated heterocycles. The number of nitrogens with one attached hydrogen (secondary N) is 1. The third kappa shape index (κ3) is 3.97. The lowest BCUT2D eigenvalue weighted by Gasteiger charge is -2.08. The minimum Gasteiger partial charge on any atom is -0.310 e. The van der Waals surface area contributed by atoms with Crippen molar-refractivity contribution in [3.8, 4) is 0 Å². The van der Waals surface area contributed by atoms with E-state index in [0.717, 1.165) is 5.69 Å². The number of rotatable bonds is 4. The Hall–Kier alpha value is -1.02. The summed E-state index contributed by atoms with van der Waals surface area (Å²) < 4.78 is 24.2. The van der Waals surface area contributed by atoms with Crippen LogP contribution in [0.4, 0.5) is 5.82 Å². The van der Waals surface area contributed by atoms with E-state index < -0.39 is 9.84 Å². The Morgan fingerprint density at radius 1 is 1.63 bits per heavy atom. The summed E-state index contributed by atoms with van der Waals surface area (Å²) in [5.41, 5.74) is 0.840. The minimum absolute atomic E-state index is 0.0454. The monoisotopic (exact) mass is 303 g/mol. The fourth-order valence-corrected chi connectivity index (χ4v) is 5.44. The molecule has 106 valence electrons. The SMILES string of the molecule is Cc1cc(NC(=O)CS[C@@H]2CCS(=O)(=O)C2)n(C)n1. The molecule has 8 heteroatoms. The van der Waals surface area contributed by atoms with Crippen molar-refractivity contribution in [3.63, 3.8) is 0 Å². The van der Waals surface area contributed by atoms with E-state index in [1.807, 2.05) is 6.92 Å². The van der Waals surface area contributed by atoms with Crippen LogP contribution in [0.25, 0.3) is 0 Å². The molecule has 0 spiro atoms. The number of carbonyl (C=O) groups is 1. The van der Waals surface area contributed by atoms with E-state index in [1.165, 1.54) is 11.8 Å². The normalized spacial score (nSPS) is 21.5. The number of anilines is 1. The Labute approximate surface area is 116 Å². The first-order valence-corrected chi connectivity index (χ1v) is 8.85. The summed E-state index contributed by atoms with van der Waals surface area (Å²) >= 11 is 1.41. The molecule has 1 aliphatic rings. The third-order valence-corrected chi connectivity index (χ3v) is 6.19. The maximum absolute atomic E-state index is 11.8. The molecule has 0 saturated carbocycles. The minimum atomic E-state index is -2.87. The van der Waals surface area contributed by atoms with Crippen molar-refractivity contribution in [2.45, 2.75) is 18.6 Å². The summed E-state index contributed by atoms with van der Waals surface area (Å²) in [6, 6.07) is 1.79. The zero-order chi connectivity index (χ0) is 14.0. The first kappa shape index (κ1) is 14.4. The lowest BCUT2D eigenvalue weighted by molar-refractivity contribution is -0.113. The van der Waals surface area contributed by atoms with Crippen LogP contribution >= 0.6 is 11.8 Å². The first-order chi connectivity index (χ1) is 8.85. The number of sulfone groups is 1. The smallest absolute Gasteiger partial charge is 0.235 e. The molecule has 0 aromatic carbocycles. The molecule has 2 heterocycles. The van der Waals surface area contributed by atoms with E-state index in [0.29, 0.717) is 12.2 Å². The standard InChI is InChI=1S/C11H17N3O3S2/c1-8-5-10(14(2)13-8)12-11(15)6-18-9-3-4-19(16,17)7-9/h5,9H,3-4,6-7H2,1-2H3,(H,12,15)/t9-/m1/s1. The molecule has 1 aromatic heterocycles. The van der Waals surface area contributed by atoms with Gasteiger partial charge >= 0.3 is 0 Å². The van der Waals surface area contributed by atoms with Gasteiger partial charge in [-0.15, -0.1) is 11.8 Å². The van der Waals surface area contributed by atoms with Crippen LogP contribution in [0.1, 0.15) is 12.1 Å². The summed E-state index contributed by atoms with van der Waals surface area (Å²) in [5.74, 6) is 1.23. The summed E-state index contributed by atoms with van der Waals surface area (Å²) in [6.07, 6.45) is 0.644. The molecule has 1 N–H and O–H groups in total. The molecule has 1 fully saturated rings. The zero-order valence-corrected chi connectivity index (χ0v) is 12.6. The van der Waals surface area contributed by atoms with Crippen molar-refractivity contribution >= 4 is 33.3 Å². The van der Waals surface area contributed by atoms with E-state index in [9.17, 15) is 13.2 Å². The Bertz CT molecular complexity index is 580. The van der Waals surface area contributed by atoms with Gasteiger partial charge < -0.3 is 5.32 Å². The Kier molecular flexibility index (Phi) is 4.19. The van der Waals surface area contributed by atoms with E-state index in [1.54, 1.807) is 17.8 Å². The van der Waals surface area contributed by atoms with Gasteiger partial charge in [-0.2, -0.15) is 5.10 Å². The first-order valence-electron chi connectivity index (χ1n) is 5.98. The van der Waals surface area contributed by atoms with Crippen LogP contribution in [0, 0.1) is 6.92 Å². The predicted molar refractivity (Wildman–Crippen MR) is 76.1 cm³/mol. The fraction of sp³-hybridized carbons (Fsp3) is 0.636. The van der Waals surface area contributed by atoms with Crippen LogP contribution in [0.3, 0.4) is 0 Å². The predicted octanol–water partition coefficient (Wildman–Crippen LogP) is 0.587. The van der Waals surface area contributed by atoms with Gasteiger partial charge in [0.05, 0.1) is 23.0 Å². The van der Waals surface area contributed by atoms with Gasteiger partial charge in [-0.3, -0.25) is 9.48 Å². The zero-order valence-electron chi connectivity index (χ0n) is 10.9. The molecular formula is C11H17N3O3S2. The highest BCUT2D eigenvalue weighted by molar-refractivity contribution is 8.02. The number of thioether (sulfide) groups is 1. The average molecular weight is 303 g/mol. The molecule has 0 bridgehead atoms. The van der Waals surface area contributed by atoms with Crippen molar-refractivity contribution in [3.05, 3.63) is 11.8 Å². The van der Waals surface area contributed by atoms with Gasteiger partial charge in [0.25, 0.3) is 0 Å². The summed E-state index contributed by atoms with van der Waals surface area (Å²) in [5, 5.41) is 6.95. The second-order valence-electron chi connectivity index (χ2n) is 4.68. The number of hydrogen-bond donors (Lipinski definition) is 1. The highest BCUT2D eigenvalue weighted by atomic mass is 32.2. The van der Waals surface area contributed by atoms with Crippen molar-refractivity contribution < 1.29 is 13.2 Å². The number of hydrogen-bond acceptors (Lipinski definition) is 5. The molecule has 0 aliphatic carbocycles. The summed E-state index contributed by atoms with van der Waals surface area (Å²) in [4.78, 5) is 11.8. The topological polar surface area (TPSA) is 81.1 Å². The van der Waals surface area contributed by atoms with Gasteiger partial charge in [0, 0.05) is 18.4 Å². The van der Waals surface area contributed by atoms with Crippen LogP contribution in [-0.4, -0.2) is 46.6 Å². The molecule has 1 amide bonds. The van der Waals surface area contributed by atoms with E-state index in [4.69, 9.17) is 0 Å². The van der Waals surface area contributed by atoms with Crippen LogP contribution in [0.15, 0.2) is 6.07 Å². The van der Waals surface area contributed by atoms with Gasteiger partial charge in [-0.1, -0.05) is 0 Å². The van der Waals surface area contributed by atoms with Crippen molar-refractivity contribution in [1.29, 1.82) is 0 Å². The molecular weight excluding hydrogens is 286 g/mol. The van der Waals surface area contributed by atoms with Gasteiger partial charge in [-0.25, -0.2) is 8.42 Å². The summed E-state index contributed by atoms with van der Waals surface area (Å²) in [6.45, 7) is 1.85. The average Bonchev–Trinajstić information content (AvgIpc) is 2.79.